The van der Waals surface area contributed by atoms with Gasteiger partial charge in [0.15, 0.2) is 0 Å². The van der Waals surface area contributed by atoms with Crippen molar-refractivity contribution in [1.29, 1.82) is 0 Å². The second kappa shape index (κ2) is 8.28. The molecule has 2 aliphatic heterocycles. The number of aryl methyl sites for hydroxylation is 1. The summed E-state index contributed by atoms with van der Waals surface area (Å²) in [6, 6.07) is 24.9. The molecule has 0 saturated heterocycles. The minimum Gasteiger partial charge on any atom is -0.458 e. The number of allylic oxidation sites excluding steroid dienone is 1. The van der Waals surface area contributed by atoms with Crippen molar-refractivity contribution in [3.05, 3.63) is 90.1 Å². The normalized spacial score (nSPS) is 13.1. The molecule has 5 heteroatoms. The minimum absolute atomic E-state index is 0.0349. The third kappa shape index (κ3) is 3.64. The van der Waals surface area contributed by atoms with E-state index in [-0.39, 0.29) is 6.71 Å². The van der Waals surface area contributed by atoms with Crippen LogP contribution in [0.25, 0.3) is 17.0 Å². The summed E-state index contributed by atoms with van der Waals surface area (Å²) in [7, 11) is 0. The van der Waals surface area contributed by atoms with Gasteiger partial charge in [-0.05, 0) is 75.0 Å². The Morgan fingerprint density at radius 1 is 0.829 bits per heavy atom. The molecule has 0 amide bonds. The number of pyridine rings is 1. The Morgan fingerprint density at radius 2 is 1.51 bits per heavy atom. The van der Waals surface area contributed by atoms with E-state index in [1.807, 2.05) is 70.2 Å². The number of aromatic nitrogens is 1. The lowest BCUT2D eigenvalue weighted by molar-refractivity contribution is 0.464. The van der Waals surface area contributed by atoms with E-state index in [1.54, 1.807) is 0 Å². The van der Waals surface area contributed by atoms with Crippen LogP contribution in [0.15, 0.2) is 83.9 Å². The van der Waals surface area contributed by atoms with Gasteiger partial charge in [-0.15, -0.1) is 0 Å². The summed E-state index contributed by atoms with van der Waals surface area (Å²) in [5, 5.41) is 0. The summed E-state index contributed by atoms with van der Waals surface area (Å²) < 4.78 is 12.8. The van der Waals surface area contributed by atoms with Crippen LogP contribution in [0.1, 0.15) is 32.0 Å². The highest BCUT2D eigenvalue weighted by Gasteiger charge is 2.40. The molecule has 0 unspecified atom stereocenters. The van der Waals surface area contributed by atoms with Crippen molar-refractivity contribution in [3.8, 4) is 34.3 Å². The Balaban J connectivity index is 1.50. The van der Waals surface area contributed by atoms with Crippen LogP contribution in [0, 0.1) is 6.92 Å². The monoisotopic (exact) mass is 456 g/mol. The molecule has 3 heterocycles. The molecule has 6 rings (SSSR count). The zero-order valence-electron chi connectivity index (χ0n) is 20.3. The summed E-state index contributed by atoms with van der Waals surface area (Å²) >= 11 is 0. The average molecular weight is 456 g/mol. The standard InChI is InChI=1S/C30H25BN2O2/c1-5-24(32-18(2)3)20-12-14-22-28(16-20)34-26-10-7-11-27-30(26)31(22)23-15-13-21(17-29(23)35-27)25-9-6-8-19(4)33-25/h5-17H,1-4H3/b24-5-. The maximum atomic E-state index is 6.42. The van der Waals surface area contributed by atoms with Crippen molar-refractivity contribution in [2.24, 2.45) is 4.99 Å². The lowest BCUT2D eigenvalue weighted by Gasteiger charge is -2.33. The summed E-state index contributed by atoms with van der Waals surface area (Å²) in [6.07, 6.45) is 2.04. The smallest absolute Gasteiger partial charge is 0.260 e. The van der Waals surface area contributed by atoms with Crippen molar-refractivity contribution in [2.45, 2.75) is 27.7 Å². The minimum atomic E-state index is 0.0349. The number of aliphatic imine (C=N–C) groups is 1. The van der Waals surface area contributed by atoms with Crippen LogP contribution < -0.4 is 25.9 Å². The summed E-state index contributed by atoms with van der Waals surface area (Å²) in [4.78, 5) is 9.40. The van der Waals surface area contributed by atoms with Crippen molar-refractivity contribution < 1.29 is 9.47 Å². The van der Waals surface area contributed by atoms with Gasteiger partial charge in [-0.2, -0.15) is 0 Å². The van der Waals surface area contributed by atoms with Crippen molar-refractivity contribution in [2.75, 3.05) is 0 Å². The van der Waals surface area contributed by atoms with Crippen LogP contribution in [-0.4, -0.2) is 17.4 Å². The van der Waals surface area contributed by atoms with Crippen molar-refractivity contribution >= 4 is 34.5 Å². The lowest BCUT2D eigenvalue weighted by atomic mass is 9.35. The highest BCUT2D eigenvalue weighted by atomic mass is 16.5. The Morgan fingerprint density at radius 3 is 2.20 bits per heavy atom. The zero-order valence-corrected chi connectivity index (χ0v) is 20.3. The van der Waals surface area contributed by atoms with Crippen LogP contribution in [0.2, 0.25) is 0 Å². The molecule has 170 valence electrons. The van der Waals surface area contributed by atoms with E-state index in [4.69, 9.17) is 19.5 Å². The van der Waals surface area contributed by atoms with Gasteiger partial charge in [-0.25, -0.2) is 0 Å². The largest absolute Gasteiger partial charge is 0.458 e. The van der Waals surface area contributed by atoms with Gasteiger partial charge in [-0.3, -0.25) is 9.98 Å². The SMILES string of the molecule is C/C=C(\N=C(C)C)c1ccc2c(c1)Oc1cccc3c1B2c1ccc(-c2cccc(C)n2)cc1O3. The van der Waals surface area contributed by atoms with Crippen LogP contribution in [0.3, 0.4) is 0 Å². The molecule has 3 aromatic carbocycles. The molecule has 4 aromatic rings. The molecule has 4 nitrogen and oxygen atoms in total. The van der Waals surface area contributed by atoms with Crippen LogP contribution in [-0.2, 0) is 0 Å². The number of benzene rings is 3. The first-order chi connectivity index (χ1) is 17.0. The van der Waals surface area contributed by atoms with Gasteiger partial charge in [0.2, 0.25) is 0 Å². The molecule has 0 saturated carbocycles. The summed E-state index contributed by atoms with van der Waals surface area (Å²) in [5.41, 5.74) is 9.32. The summed E-state index contributed by atoms with van der Waals surface area (Å²) in [6.45, 7) is 8.08. The molecule has 0 spiro atoms. The number of rotatable bonds is 3. The van der Waals surface area contributed by atoms with Gasteiger partial charge in [0.05, 0.1) is 11.4 Å². The van der Waals surface area contributed by atoms with E-state index in [1.165, 1.54) is 0 Å². The van der Waals surface area contributed by atoms with Crippen molar-refractivity contribution in [3.63, 3.8) is 0 Å². The molecular weight excluding hydrogens is 431 g/mol. The maximum absolute atomic E-state index is 6.42. The number of ether oxygens (including phenoxy) is 2. The predicted octanol–water partition coefficient (Wildman–Crippen LogP) is 5.63. The second-order valence-corrected chi connectivity index (χ2v) is 9.21. The van der Waals surface area contributed by atoms with Gasteiger partial charge in [0.25, 0.3) is 6.71 Å². The first-order valence-corrected chi connectivity index (χ1v) is 11.9. The van der Waals surface area contributed by atoms with Crippen LogP contribution >= 0.6 is 0 Å². The van der Waals surface area contributed by atoms with Crippen molar-refractivity contribution in [1.82, 2.24) is 4.98 Å². The lowest BCUT2D eigenvalue weighted by Crippen LogP contribution is -2.57. The van der Waals surface area contributed by atoms with Gasteiger partial charge < -0.3 is 9.47 Å². The average Bonchev–Trinajstić information content (AvgIpc) is 2.86. The Bertz CT molecular complexity index is 1550. The predicted molar refractivity (Wildman–Crippen MR) is 145 cm³/mol. The molecule has 0 fully saturated rings. The molecular formula is C30H25BN2O2. The Hall–Kier alpha value is -4.12. The van der Waals surface area contributed by atoms with Gasteiger partial charge in [0, 0.05) is 28.0 Å². The molecule has 0 N–H and O–H groups in total. The Kier molecular flexibility index (Phi) is 5.07. The fourth-order valence-corrected chi connectivity index (χ4v) is 4.98. The van der Waals surface area contributed by atoms with Gasteiger partial charge in [0.1, 0.15) is 23.0 Å². The van der Waals surface area contributed by atoms with E-state index in [2.05, 4.69) is 36.4 Å². The molecule has 0 bridgehead atoms. The highest BCUT2D eigenvalue weighted by Crippen LogP contribution is 2.36. The van der Waals surface area contributed by atoms with Crippen LogP contribution in [0.4, 0.5) is 0 Å². The van der Waals surface area contributed by atoms with E-state index in [0.29, 0.717) is 0 Å². The third-order valence-electron chi connectivity index (χ3n) is 6.50. The van der Waals surface area contributed by atoms with E-state index in [0.717, 1.165) is 73.3 Å². The number of fused-ring (bicyclic) bond motifs is 4. The second-order valence-electron chi connectivity index (χ2n) is 9.21. The first kappa shape index (κ1) is 21.4. The number of hydrogen-bond acceptors (Lipinski definition) is 4. The summed E-state index contributed by atoms with van der Waals surface area (Å²) in [5.74, 6) is 3.39. The third-order valence-corrected chi connectivity index (χ3v) is 6.50. The molecule has 1 aromatic heterocycles. The fraction of sp³-hybridized carbons (Fsp3) is 0.133. The molecule has 2 aliphatic rings. The molecule has 0 radical (unpaired) electrons. The Labute approximate surface area is 206 Å². The van der Waals surface area contributed by atoms with Gasteiger partial charge >= 0.3 is 0 Å². The fourth-order valence-electron chi connectivity index (χ4n) is 4.98. The molecule has 0 atom stereocenters. The van der Waals surface area contributed by atoms with Crippen LogP contribution in [0.5, 0.6) is 23.0 Å². The zero-order chi connectivity index (χ0) is 24.1. The molecule has 35 heavy (non-hydrogen) atoms. The quantitative estimate of drug-likeness (QED) is 0.256. The number of hydrogen-bond donors (Lipinski definition) is 0. The van der Waals surface area contributed by atoms with E-state index >= 15 is 0 Å². The first-order valence-electron chi connectivity index (χ1n) is 11.9. The van der Waals surface area contributed by atoms with E-state index < -0.39 is 0 Å². The molecule has 0 aliphatic carbocycles. The van der Waals surface area contributed by atoms with E-state index in [9.17, 15) is 0 Å². The topological polar surface area (TPSA) is 43.7 Å². The maximum Gasteiger partial charge on any atom is 0.260 e. The number of nitrogens with zero attached hydrogens (tertiary/aromatic N) is 2. The van der Waals surface area contributed by atoms with Gasteiger partial charge in [-0.1, -0.05) is 42.5 Å². The highest BCUT2D eigenvalue weighted by molar-refractivity contribution is 6.98.